The SMILES string of the molecule is O=C1CNC(=O)C(Cc2cccc(Br)n2)N1. The number of hydrogen-bond donors (Lipinski definition) is 2. The molecule has 0 radical (unpaired) electrons. The van der Waals surface area contributed by atoms with Gasteiger partial charge in [-0.2, -0.15) is 0 Å². The molecule has 1 unspecified atom stereocenters. The van der Waals surface area contributed by atoms with Gasteiger partial charge >= 0.3 is 0 Å². The molecule has 0 saturated carbocycles. The van der Waals surface area contributed by atoms with Crippen LogP contribution in [0.15, 0.2) is 22.8 Å². The highest BCUT2D eigenvalue weighted by Gasteiger charge is 2.26. The molecule has 1 aromatic heterocycles. The molecule has 5 nitrogen and oxygen atoms in total. The lowest BCUT2D eigenvalue weighted by atomic mass is 10.1. The third-order valence-electron chi connectivity index (χ3n) is 2.26. The number of piperazine rings is 1. The van der Waals surface area contributed by atoms with Gasteiger partial charge in [0.25, 0.3) is 0 Å². The van der Waals surface area contributed by atoms with Crippen molar-refractivity contribution in [3.8, 4) is 0 Å². The summed E-state index contributed by atoms with van der Waals surface area (Å²) in [6.07, 6.45) is 0.400. The van der Waals surface area contributed by atoms with Crippen molar-refractivity contribution in [3.63, 3.8) is 0 Å². The number of aromatic nitrogens is 1. The van der Waals surface area contributed by atoms with E-state index in [1.165, 1.54) is 0 Å². The summed E-state index contributed by atoms with van der Waals surface area (Å²) in [7, 11) is 0. The van der Waals surface area contributed by atoms with E-state index in [9.17, 15) is 9.59 Å². The fraction of sp³-hybridized carbons (Fsp3) is 0.300. The molecular weight excluding hydrogens is 274 g/mol. The number of pyridine rings is 1. The van der Waals surface area contributed by atoms with E-state index in [0.29, 0.717) is 11.0 Å². The van der Waals surface area contributed by atoms with E-state index in [-0.39, 0.29) is 18.4 Å². The van der Waals surface area contributed by atoms with Crippen molar-refractivity contribution in [2.45, 2.75) is 12.5 Å². The minimum absolute atomic E-state index is 0.0568. The largest absolute Gasteiger partial charge is 0.345 e. The quantitative estimate of drug-likeness (QED) is 0.751. The molecule has 16 heavy (non-hydrogen) atoms. The standard InChI is InChI=1S/C10H10BrN3O2/c11-8-3-1-2-6(13-8)4-7-10(16)12-5-9(15)14-7/h1-3,7H,4-5H2,(H,12,16)(H,14,15). The van der Waals surface area contributed by atoms with Crippen molar-refractivity contribution >= 4 is 27.7 Å². The Labute approximate surface area is 101 Å². The lowest BCUT2D eigenvalue weighted by molar-refractivity contribution is -0.133. The molecule has 1 fully saturated rings. The molecule has 84 valence electrons. The van der Waals surface area contributed by atoms with Gasteiger partial charge in [0.2, 0.25) is 11.8 Å². The van der Waals surface area contributed by atoms with Crippen LogP contribution in [0, 0.1) is 0 Å². The molecule has 1 saturated heterocycles. The molecule has 2 amide bonds. The van der Waals surface area contributed by atoms with Crippen molar-refractivity contribution in [2.24, 2.45) is 0 Å². The number of rotatable bonds is 2. The monoisotopic (exact) mass is 283 g/mol. The number of nitrogens with one attached hydrogen (secondary N) is 2. The van der Waals surface area contributed by atoms with Crippen molar-refractivity contribution in [3.05, 3.63) is 28.5 Å². The average Bonchev–Trinajstić information content (AvgIpc) is 2.24. The van der Waals surface area contributed by atoms with Crippen LogP contribution >= 0.6 is 15.9 Å². The predicted octanol–water partition coefficient (Wildman–Crippen LogP) is 0.00120. The second-order valence-corrected chi connectivity index (χ2v) is 4.31. The van der Waals surface area contributed by atoms with Crippen LogP contribution in [-0.4, -0.2) is 29.4 Å². The minimum atomic E-state index is -0.525. The van der Waals surface area contributed by atoms with Crippen LogP contribution in [0.3, 0.4) is 0 Å². The van der Waals surface area contributed by atoms with Crippen molar-refractivity contribution in [1.82, 2.24) is 15.6 Å². The molecule has 0 aliphatic carbocycles. The van der Waals surface area contributed by atoms with Gasteiger partial charge in [0, 0.05) is 12.1 Å². The molecule has 2 rings (SSSR count). The summed E-state index contributed by atoms with van der Waals surface area (Å²) in [5, 5.41) is 5.15. The zero-order valence-corrected chi connectivity index (χ0v) is 9.95. The number of carbonyl (C=O) groups excluding carboxylic acids is 2. The Balaban J connectivity index is 2.08. The molecule has 2 N–H and O–H groups in total. The van der Waals surface area contributed by atoms with Gasteiger partial charge in [-0.05, 0) is 28.1 Å². The summed E-state index contributed by atoms with van der Waals surface area (Å²) in [6, 6.07) is 4.94. The third-order valence-corrected chi connectivity index (χ3v) is 2.70. The van der Waals surface area contributed by atoms with Gasteiger partial charge in [0.15, 0.2) is 0 Å². The van der Waals surface area contributed by atoms with Gasteiger partial charge in [-0.1, -0.05) is 6.07 Å². The summed E-state index contributed by atoms with van der Waals surface area (Å²) in [4.78, 5) is 26.8. The average molecular weight is 284 g/mol. The zero-order chi connectivity index (χ0) is 11.5. The van der Waals surface area contributed by atoms with Gasteiger partial charge in [0.05, 0.1) is 6.54 Å². The highest BCUT2D eigenvalue weighted by molar-refractivity contribution is 9.10. The number of halogens is 1. The number of amides is 2. The van der Waals surface area contributed by atoms with Gasteiger partial charge in [-0.3, -0.25) is 9.59 Å². The van der Waals surface area contributed by atoms with E-state index in [1.54, 1.807) is 0 Å². The smallest absolute Gasteiger partial charge is 0.243 e. The Morgan fingerprint density at radius 2 is 2.25 bits per heavy atom. The van der Waals surface area contributed by atoms with E-state index >= 15 is 0 Å². The Bertz CT molecular complexity index is 436. The first kappa shape index (κ1) is 11.1. The van der Waals surface area contributed by atoms with Crippen LogP contribution in [0.2, 0.25) is 0 Å². The molecule has 1 aromatic rings. The van der Waals surface area contributed by atoms with Crippen molar-refractivity contribution < 1.29 is 9.59 Å². The maximum atomic E-state index is 11.5. The second-order valence-electron chi connectivity index (χ2n) is 3.49. The molecule has 2 heterocycles. The fourth-order valence-corrected chi connectivity index (χ4v) is 1.90. The van der Waals surface area contributed by atoms with Crippen LogP contribution in [0.1, 0.15) is 5.69 Å². The Morgan fingerprint density at radius 1 is 1.44 bits per heavy atom. The Kier molecular flexibility index (Phi) is 3.19. The molecule has 0 aromatic carbocycles. The van der Waals surface area contributed by atoms with E-state index in [0.717, 1.165) is 5.69 Å². The van der Waals surface area contributed by atoms with Gasteiger partial charge < -0.3 is 10.6 Å². The van der Waals surface area contributed by atoms with Crippen LogP contribution in [-0.2, 0) is 16.0 Å². The van der Waals surface area contributed by atoms with Crippen LogP contribution < -0.4 is 10.6 Å². The molecule has 0 bridgehead atoms. The first-order chi connectivity index (χ1) is 7.65. The molecule has 0 spiro atoms. The van der Waals surface area contributed by atoms with Gasteiger partial charge in [-0.25, -0.2) is 4.98 Å². The molecule has 1 atom stereocenters. The van der Waals surface area contributed by atoms with Gasteiger partial charge in [-0.15, -0.1) is 0 Å². The Morgan fingerprint density at radius 3 is 3.00 bits per heavy atom. The second kappa shape index (κ2) is 4.61. The fourth-order valence-electron chi connectivity index (χ4n) is 1.52. The molecular formula is C10H10BrN3O2. The molecule has 1 aliphatic rings. The maximum absolute atomic E-state index is 11.5. The Hall–Kier alpha value is -1.43. The van der Waals surface area contributed by atoms with E-state index in [1.807, 2.05) is 18.2 Å². The summed E-state index contributed by atoms with van der Waals surface area (Å²) in [6.45, 7) is 0.0568. The topological polar surface area (TPSA) is 71.1 Å². The first-order valence-electron chi connectivity index (χ1n) is 4.83. The lowest BCUT2D eigenvalue weighted by Crippen LogP contribution is -2.56. The van der Waals surface area contributed by atoms with Crippen LogP contribution in [0.25, 0.3) is 0 Å². The number of nitrogens with zero attached hydrogens (tertiary/aromatic N) is 1. The number of hydrogen-bond acceptors (Lipinski definition) is 3. The van der Waals surface area contributed by atoms with Gasteiger partial charge in [0.1, 0.15) is 10.6 Å². The van der Waals surface area contributed by atoms with E-state index in [4.69, 9.17) is 0 Å². The summed E-state index contributed by atoms with van der Waals surface area (Å²) in [5.41, 5.74) is 0.761. The summed E-state index contributed by atoms with van der Waals surface area (Å²) >= 11 is 3.25. The minimum Gasteiger partial charge on any atom is -0.345 e. The first-order valence-corrected chi connectivity index (χ1v) is 5.63. The highest BCUT2D eigenvalue weighted by Crippen LogP contribution is 2.08. The van der Waals surface area contributed by atoms with E-state index < -0.39 is 6.04 Å². The van der Waals surface area contributed by atoms with E-state index in [2.05, 4.69) is 31.5 Å². The maximum Gasteiger partial charge on any atom is 0.243 e. The summed E-state index contributed by atoms with van der Waals surface area (Å²) in [5.74, 6) is -0.332. The normalized spacial score (nSPS) is 20.2. The molecule has 6 heteroatoms. The predicted molar refractivity (Wildman–Crippen MR) is 60.6 cm³/mol. The molecule has 1 aliphatic heterocycles. The lowest BCUT2D eigenvalue weighted by Gasteiger charge is -2.22. The van der Waals surface area contributed by atoms with Crippen molar-refractivity contribution in [2.75, 3.05) is 6.54 Å². The van der Waals surface area contributed by atoms with Crippen LogP contribution in [0.5, 0.6) is 0 Å². The van der Waals surface area contributed by atoms with Crippen molar-refractivity contribution in [1.29, 1.82) is 0 Å². The third kappa shape index (κ3) is 2.57. The summed E-state index contributed by atoms with van der Waals surface area (Å²) < 4.78 is 0.715. The zero-order valence-electron chi connectivity index (χ0n) is 8.37. The van der Waals surface area contributed by atoms with Crippen LogP contribution in [0.4, 0.5) is 0 Å². The highest BCUT2D eigenvalue weighted by atomic mass is 79.9. The number of carbonyl (C=O) groups is 2.